The Balaban J connectivity index is 2.68. The van der Waals surface area contributed by atoms with E-state index < -0.39 is 11.9 Å². The Kier molecular flexibility index (Phi) is 4.99. The summed E-state index contributed by atoms with van der Waals surface area (Å²) >= 11 is 0. The summed E-state index contributed by atoms with van der Waals surface area (Å²) in [5.74, 6) is -0.606. The highest BCUT2D eigenvalue weighted by molar-refractivity contribution is 5.97. The molecule has 0 aliphatic heterocycles. The summed E-state index contributed by atoms with van der Waals surface area (Å²) < 4.78 is 39.7. The van der Waals surface area contributed by atoms with Gasteiger partial charge in [-0.25, -0.2) is 0 Å². The minimum Gasteiger partial charge on any atom is -0.406 e. The van der Waals surface area contributed by atoms with Crippen LogP contribution < -0.4 is 15.4 Å². The molecule has 0 aliphatic carbocycles. The topological polar surface area (TPSA) is 50.4 Å². The van der Waals surface area contributed by atoms with Crippen molar-refractivity contribution in [2.24, 2.45) is 0 Å². The van der Waals surface area contributed by atoms with E-state index in [0.717, 1.165) is 12.1 Å². The van der Waals surface area contributed by atoms with Gasteiger partial charge in [0.1, 0.15) is 5.75 Å². The average molecular weight is 290 g/mol. The third-order valence-corrected chi connectivity index (χ3v) is 2.53. The van der Waals surface area contributed by atoms with E-state index in [4.69, 9.17) is 0 Å². The zero-order valence-corrected chi connectivity index (χ0v) is 11.5. The van der Waals surface area contributed by atoms with Gasteiger partial charge in [0.2, 0.25) is 5.91 Å². The van der Waals surface area contributed by atoms with Crippen molar-refractivity contribution in [1.82, 2.24) is 5.32 Å². The van der Waals surface area contributed by atoms with Crippen LogP contribution in [0.3, 0.4) is 0 Å². The molecule has 1 rings (SSSR count). The lowest BCUT2D eigenvalue weighted by Gasteiger charge is -2.24. The Labute approximate surface area is 115 Å². The first-order valence-corrected chi connectivity index (χ1v) is 6.06. The largest absolute Gasteiger partial charge is 0.573 e. The molecule has 0 aliphatic rings. The summed E-state index contributed by atoms with van der Waals surface area (Å²) in [5.41, 5.74) is -0.369. The lowest BCUT2D eigenvalue weighted by atomic mass is 10.0. The van der Waals surface area contributed by atoms with Crippen molar-refractivity contribution >= 4 is 11.6 Å². The molecule has 1 aromatic rings. The molecule has 1 amide bonds. The average Bonchev–Trinajstić information content (AvgIpc) is 2.29. The van der Waals surface area contributed by atoms with Crippen LogP contribution in [0.15, 0.2) is 24.3 Å². The quantitative estimate of drug-likeness (QED) is 0.876. The summed E-state index contributed by atoms with van der Waals surface area (Å²) in [6.07, 6.45) is -4.72. The Morgan fingerprint density at radius 1 is 1.20 bits per heavy atom. The van der Waals surface area contributed by atoms with Crippen molar-refractivity contribution in [3.63, 3.8) is 0 Å². The fourth-order valence-electron chi connectivity index (χ4n) is 1.55. The van der Waals surface area contributed by atoms with Crippen molar-refractivity contribution in [1.29, 1.82) is 0 Å². The van der Waals surface area contributed by atoms with E-state index in [9.17, 15) is 18.0 Å². The van der Waals surface area contributed by atoms with E-state index in [-0.39, 0.29) is 11.7 Å². The molecule has 0 atom stereocenters. The maximum Gasteiger partial charge on any atom is 0.573 e. The van der Waals surface area contributed by atoms with Crippen LogP contribution in [0.1, 0.15) is 20.8 Å². The highest BCUT2D eigenvalue weighted by atomic mass is 19.4. The Bertz CT molecular complexity index is 456. The number of carbonyl (C=O) groups is 1. The molecule has 4 nitrogen and oxygen atoms in total. The van der Waals surface area contributed by atoms with Crippen LogP contribution in [0, 0.1) is 0 Å². The minimum atomic E-state index is -4.72. The van der Waals surface area contributed by atoms with Crippen LogP contribution >= 0.6 is 0 Å². The fourth-order valence-corrected chi connectivity index (χ4v) is 1.55. The molecule has 1 aromatic carbocycles. The molecule has 0 heterocycles. The Hall–Kier alpha value is -1.76. The first kappa shape index (κ1) is 16.3. The summed E-state index contributed by atoms with van der Waals surface area (Å²) in [5, 5.41) is 5.62. The monoisotopic (exact) mass is 290 g/mol. The maximum absolute atomic E-state index is 12.0. The van der Waals surface area contributed by atoms with E-state index >= 15 is 0 Å². The molecular weight excluding hydrogens is 273 g/mol. The molecule has 0 bridgehead atoms. The van der Waals surface area contributed by atoms with Crippen molar-refractivity contribution in [3.05, 3.63) is 24.3 Å². The number of nitrogens with one attached hydrogen (secondary N) is 2. The molecule has 0 radical (unpaired) electrons. The lowest BCUT2D eigenvalue weighted by Crippen LogP contribution is -2.49. The minimum absolute atomic E-state index is 0.274. The van der Waals surface area contributed by atoms with Gasteiger partial charge in [-0.15, -0.1) is 13.2 Å². The molecular formula is C13H17F3N2O2. The van der Waals surface area contributed by atoms with Crippen molar-refractivity contribution in [2.45, 2.75) is 32.7 Å². The van der Waals surface area contributed by atoms with E-state index in [0.29, 0.717) is 12.2 Å². The van der Waals surface area contributed by atoms with Crippen LogP contribution in [0.5, 0.6) is 5.75 Å². The van der Waals surface area contributed by atoms with Gasteiger partial charge in [-0.3, -0.25) is 4.79 Å². The number of hydrogen-bond acceptors (Lipinski definition) is 3. The van der Waals surface area contributed by atoms with Crippen LogP contribution in [-0.2, 0) is 4.79 Å². The number of rotatable bonds is 5. The molecule has 0 unspecified atom stereocenters. The Morgan fingerprint density at radius 2 is 1.75 bits per heavy atom. The first-order chi connectivity index (χ1) is 9.14. The zero-order chi connectivity index (χ0) is 15.4. The van der Waals surface area contributed by atoms with Crippen molar-refractivity contribution in [3.8, 4) is 5.75 Å². The Morgan fingerprint density at radius 3 is 2.20 bits per heavy atom. The molecule has 20 heavy (non-hydrogen) atoms. The summed E-state index contributed by atoms with van der Waals surface area (Å²) in [6.45, 7) is 5.93. The predicted octanol–water partition coefficient (Wildman–Crippen LogP) is 2.91. The van der Waals surface area contributed by atoms with Gasteiger partial charge >= 0.3 is 6.36 Å². The number of likely N-dealkylation sites (N-methyl/N-ethyl adjacent to an activating group) is 1. The first-order valence-electron chi connectivity index (χ1n) is 6.06. The lowest BCUT2D eigenvalue weighted by molar-refractivity contribution is -0.274. The van der Waals surface area contributed by atoms with E-state index in [1.165, 1.54) is 12.1 Å². The van der Waals surface area contributed by atoms with Crippen LogP contribution in [0.25, 0.3) is 0 Å². The summed E-state index contributed by atoms with van der Waals surface area (Å²) in [4.78, 5) is 12.0. The SMILES string of the molecule is CCNC(C)(C)C(=O)Nc1ccc(OC(F)(F)F)cc1. The number of carbonyl (C=O) groups excluding carboxylic acids is 1. The predicted molar refractivity (Wildman–Crippen MR) is 69.5 cm³/mol. The van der Waals surface area contributed by atoms with Gasteiger partial charge in [0, 0.05) is 5.69 Å². The van der Waals surface area contributed by atoms with Gasteiger partial charge in [-0.05, 0) is 44.7 Å². The van der Waals surface area contributed by atoms with Crippen molar-refractivity contribution < 1.29 is 22.7 Å². The number of hydrogen-bond donors (Lipinski definition) is 2. The maximum atomic E-state index is 12.0. The molecule has 0 fully saturated rings. The van der Waals surface area contributed by atoms with Gasteiger partial charge < -0.3 is 15.4 Å². The molecule has 112 valence electrons. The molecule has 0 saturated heterocycles. The van der Waals surface area contributed by atoms with E-state index in [2.05, 4.69) is 15.4 Å². The van der Waals surface area contributed by atoms with Gasteiger partial charge in [-0.2, -0.15) is 0 Å². The number of halogens is 3. The fraction of sp³-hybridized carbons (Fsp3) is 0.462. The number of anilines is 1. The molecule has 0 spiro atoms. The normalized spacial score (nSPS) is 12.1. The van der Waals surface area contributed by atoms with Crippen LogP contribution in [0.2, 0.25) is 0 Å². The number of benzene rings is 1. The third-order valence-electron chi connectivity index (χ3n) is 2.53. The van der Waals surface area contributed by atoms with Gasteiger partial charge in [0.15, 0.2) is 0 Å². The summed E-state index contributed by atoms with van der Waals surface area (Å²) in [7, 11) is 0. The zero-order valence-electron chi connectivity index (χ0n) is 11.5. The highest BCUT2D eigenvalue weighted by Gasteiger charge is 2.31. The van der Waals surface area contributed by atoms with Gasteiger partial charge in [-0.1, -0.05) is 6.92 Å². The second-order valence-electron chi connectivity index (χ2n) is 4.68. The number of ether oxygens (including phenoxy) is 1. The smallest absolute Gasteiger partial charge is 0.406 e. The number of amides is 1. The standard InChI is InChI=1S/C13H17F3N2O2/c1-4-17-12(2,3)11(19)18-9-5-7-10(8-6-9)20-13(14,15)16/h5-8,17H,4H2,1-3H3,(H,18,19). The van der Waals surface area contributed by atoms with Crippen LogP contribution in [-0.4, -0.2) is 24.4 Å². The molecule has 7 heteroatoms. The summed E-state index contributed by atoms with van der Waals surface area (Å²) in [6, 6.07) is 4.98. The molecule has 0 saturated carbocycles. The van der Waals surface area contributed by atoms with E-state index in [1.807, 2.05) is 6.92 Å². The second kappa shape index (κ2) is 6.13. The third kappa shape index (κ3) is 5.08. The van der Waals surface area contributed by atoms with Gasteiger partial charge in [0.05, 0.1) is 5.54 Å². The molecule has 2 N–H and O–H groups in total. The van der Waals surface area contributed by atoms with E-state index in [1.54, 1.807) is 13.8 Å². The van der Waals surface area contributed by atoms with Crippen LogP contribution in [0.4, 0.5) is 18.9 Å². The molecule has 0 aromatic heterocycles. The second-order valence-corrected chi connectivity index (χ2v) is 4.68. The number of alkyl halides is 3. The van der Waals surface area contributed by atoms with Gasteiger partial charge in [0.25, 0.3) is 0 Å². The highest BCUT2D eigenvalue weighted by Crippen LogP contribution is 2.24. The van der Waals surface area contributed by atoms with Crippen molar-refractivity contribution in [2.75, 3.05) is 11.9 Å².